The molecule has 1 saturated heterocycles. The van der Waals surface area contributed by atoms with Crippen molar-refractivity contribution in [1.29, 1.82) is 0 Å². The zero-order valence-electron chi connectivity index (χ0n) is 27.1. The van der Waals surface area contributed by atoms with Gasteiger partial charge in [0.2, 0.25) is 17.7 Å². The lowest BCUT2D eigenvalue weighted by molar-refractivity contribution is -0.145. The lowest BCUT2D eigenvalue weighted by Crippen LogP contribution is -2.57. The molecule has 4 N–H and O–H groups in total. The fourth-order valence-electron chi connectivity index (χ4n) is 5.89. The molecule has 1 aromatic heterocycles. The normalized spacial score (nSPS) is 16.9. The van der Waals surface area contributed by atoms with Crippen molar-refractivity contribution in [3.05, 3.63) is 65.5 Å². The van der Waals surface area contributed by atoms with Crippen molar-refractivity contribution >= 4 is 34.4 Å². The molecule has 4 amide bonds. The second kappa shape index (κ2) is 16.3. The van der Waals surface area contributed by atoms with Crippen molar-refractivity contribution < 1.29 is 33.2 Å². The van der Waals surface area contributed by atoms with E-state index in [2.05, 4.69) is 26.4 Å². The number of methoxy groups -OCH3 is 2. The van der Waals surface area contributed by atoms with Crippen LogP contribution in [0.1, 0.15) is 61.3 Å². The molecule has 12 nitrogen and oxygen atoms in total. The largest absolute Gasteiger partial charge is 0.361 e. The summed E-state index contributed by atoms with van der Waals surface area (Å²) in [5, 5.41) is 17.3. The number of carbonyl (C=O) groups excluding carboxylic acids is 4. The van der Waals surface area contributed by atoms with Gasteiger partial charge in [0.1, 0.15) is 17.8 Å². The average Bonchev–Trinajstić information content (AvgIpc) is 3.48. The van der Waals surface area contributed by atoms with Crippen LogP contribution >= 0.6 is 0 Å². The number of hydrogen-bond donors (Lipinski definition) is 4. The van der Waals surface area contributed by atoms with Gasteiger partial charge in [-0.2, -0.15) is 0 Å². The molecular weight excluding hydrogens is 590 g/mol. The van der Waals surface area contributed by atoms with Crippen LogP contribution in [0, 0.1) is 18.8 Å². The number of carbonyl (C=O) groups is 4. The summed E-state index contributed by atoms with van der Waals surface area (Å²) in [6.45, 7) is 6.20. The molecule has 0 saturated carbocycles. The number of piperidine rings is 1. The molecular formula is C34H45N5O7. The highest BCUT2D eigenvalue weighted by atomic mass is 16.7. The number of benzene rings is 2. The summed E-state index contributed by atoms with van der Waals surface area (Å²) >= 11 is 0. The van der Waals surface area contributed by atoms with E-state index in [4.69, 9.17) is 14.0 Å². The predicted molar refractivity (Wildman–Crippen MR) is 172 cm³/mol. The number of nitrogens with one attached hydrogen (secondary N) is 4. The van der Waals surface area contributed by atoms with Crippen LogP contribution in [-0.2, 0) is 30.3 Å². The Hall–Kier alpha value is -4.29. The first-order chi connectivity index (χ1) is 22.1. The minimum Gasteiger partial charge on any atom is -0.361 e. The molecule has 12 heteroatoms. The summed E-state index contributed by atoms with van der Waals surface area (Å²) in [7, 11) is 2.94. The highest BCUT2D eigenvalue weighted by molar-refractivity contribution is 5.98. The minimum atomic E-state index is -1.04. The molecule has 2 aromatic carbocycles. The topological polar surface area (TPSA) is 161 Å². The van der Waals surface area contributed by atoms with Gasteiger partial charge in [-0.15, -0.1) is 0 Å². The fraction of sp³-hybridized carbons (Fsp3) is 0.500. The molecule has 1 fully saturated rings. The van der Waals surface area contributed by atoms with Gasteiger partial charge in [0.25, 0.3) is 5.91 Å². The lowest BCUT2D eigenvalue weighted by Gasteiger charge is -2.32. The third-order valence-corrected chi connectivity index (χ3v) is 8.19. The molecule has 4 atom stereocenters. The molecule has 0 spiro atoms. The van der Waals surface area contributed by atoms with E-state index in [9.17, 15) is 19.2 Å². The van der Waals surface area contributed by atoms with E-state index < -0.39 is 42.1 Å². The van der Waals surface area contributed by atoms with Crippen molar-refractivity contribution in [2.45, 2.75) is 77.3 Å². The van der Waals surface area contributed by atoms with Gasteiger partial charge < -0.3 is 35.3 Å². The number of nitrogens with zero attached hydrogens (tertiary/aromatic N) is 1. The molecule has 46 heavy (non-hydrogen) atoms. The monoisotopic (exact) mass is 635 g/mol. The summed E-state index contributed by atoms with van der Waals surface area (Å²) in [4.78, 5) is 53.5. The van der Waals surface area contributed by atoms with Gasteiger partial charge in [-0.25, -0.2) is 0 Å². The zero-order chi connectivity index (χ0) is 33.2. The summed E-state index contributed by atoms with van der Waals surface area (Å²) in [6, 6.07) is 12.5. The van der Waals surface area contributed by atoms with Gasteiger partial charge in [0.05, 0.1) is 6.04 Å². The molecule has 0 radical (unpaired) electrons. The van der Waals surface area contributed by atoms with E-state index >= 15 is 0 Å². The van der Waals surface area contributed by atoms with Crippen LogP contribution in [-0.4, -0.2) is 74.0 Å². The molecule has 4 rings (SSSR count). The maximum atomic E-state index is 14.0. The Morgan fingerprint density at radius 1 is 1.00 bits per heavy atom. The van der Waals surface area contributed by atoms with Crippen molar-refractivity contribution in [3.63, 3.8) is 0 Å². The highest BCUT2D eigenvalue weighted by Gasteiger charge is 2.34. The first kappa shape index (κ1) is 34.6. The smallest absolute Gasteiger partial charge is 0.274 e. The Kier molecular flexibility index (Phi) is 12.3. The summed E-state index contributed by atoms with van der Waals surface area (Å²) < 4.78 is 16.1. The van der Waals surface area contributed by atoms with E-state index in [-0.39, 0.29) is 29.9 Å². The average molecular weight is 636 g/mol. The number of rotatable bonds is 15. The van der Waals surface area contributed by atoms with Crippen LogP contribution in [0.3, 0.4) is 0 Å². The van der Waals surface area contributed by atoms with Gasteiger partial charge in [-0.05, 0) is 54.9 Å². The molecule has 0 bridgehead atoms. The zero-order valence-corrected chi connectivity index (χ0v) is 27.1. The van der Waals surface area contributed by atoms with Gasteiger partial charge in [-0.3, -0.25) is 19.2 Å². The van der Waals surface area contributed by atoms with Crippen molar-refractivity contribution in [2.75, 3.05) is 20.8 Å². The number of aromatic nitrogens is 1. The molecule has 1 unspecified atom stereocenters. The van der Waals surface area contributed by atoms with Crippen LogP contribution in [0.2, 0.25) is 0 Å². The maximum Gasteiger partial charge on any atom is 0.274 e. The molecule has 1 aliphatic heterocycles. The predicted octanol–water partition coefficient (Wildman–Crippen LogP) is 3.03. The van der Waals surface area contributed by atoms with E-state index in [1.165, 1.54) is 20.3 Å². The number of aryl methyl sites for hydroxylation is 1. The number of amides is 4. The maximum absolute atomic E-state index is 14.0. The van der Waals surface area contributed by atoms with E-state index in [0.29, 0.717) is 31.6 Å². The number of fused-ring (bicyclic) bond motifs is 1. The van der Waals surface area contributed by atoms with Gasteiger partial charge in [-0.1, -0.05) is 61.5 Å². The first-order valence-corrected chi connectivity index (χ1v) is 15.7. The summed E-state index contributed by atoms with van der Waals surface area (Å²) in [5.74, 6) is -1.42. The minimum absolute atomic E-state index is 0.0449. The third kappa shape index (κ3) is 9.13. The second-order valence-electron chi connectivity index (χ2n) is 12.2. The number of ether oxygens (including phenoxy) is 2. The van der Waals surface area contributed by atoms with Crippen LogP contribution in [0.4, 0.5) is 0 Å². The molecule has 248 valence electrons. The number of hydrogen-bond acceptors (Lipinski definition) is 8. The van der Waals surface area contributed by atoms with Gasteiger partial charge >= 0.3 is 0 Å². The van der Waals surface area contributed by atoms with Crippen LogP contribution in [0.15, 0.2) is 53.1 Å². The van der Waals surface area contributed by atoms with Gasteiger partial charge in [0, 0.05) is 39.2 Å². The Labute approximate surface area is 269 Å². The molecule has 3 aromatic rings. The standard InChI is InChI=1S/C34H45N5O7/c1-20(2)16-26(31(41)38-29(34(44-4)45-5)19-24-13-9-15-35-30(24)40)36-32(42)27(37-33(43)28-17-21(3)46-39-28)18-23-12-8-11-22-10-6-7-14-25(22)23/h6-8,10-12,14,17,20,24,26-27,29,34H,9,13,15-16,18-19H2,1-5H3,(H,35,40)(H,36,42)(H,37,43)(H,38,41)/t24-,26-,27?,29-/m0/s1. The Bertz CT molecular complexity index is 1500. The Morgan fingerprint density at radius 2 is 1.72 bits per heavy atom. The second-order valence-corrected chi connectivity index (χ2v) is 12.2. The van der Waals surface area contributed by atoms with E-state index in [1.54, 1.807) is 6.92 Å². The molecule has 0 aliphatic carbocycles. The fourth-order valence-corrected chi connectivity index (χ4v) is 5.89. The van der Waals surface area contributed by atoms with Crippen LogP contribution < -0.4 is 21.3 Å². The van der Waals surface area contributed by atoms with Gasteiger partial charge in [0.15, 0.2) is 12.0 Å². The molecule has 2 heterocycles. The molecule has 1 aliphatic rings. The van der Waals surface area contributed by atoms with Crippen molar-refractivity contribution in [1.82, 2.24) is 26.4 Å². The van der Waals surface area contributed by atoms with Crippen LogP contribution in [0.5, 0.6) is 0 Å². The van der Waals surface area contributed by atoms with Crippen molar-refractivity contribution in [2.24, 2.45) is 11.8 Å². The SMILES string of the molecule is COC(OC)[C@H](C[C@@H]1CCCNC1=O)NC(=O)[C@H](CC(C)C)NC(=O)C(Cc1cccc2ccccc12)NC(=O)c1cc(C)on1. The van der Waals surface area contributed by atoms with E-state index in [1.807, 2.05) is 56.3 Å². The Morgan fingerprint density at radius 3 is 2.39 bits per heavy atom. The van der Waals surface area contributed by atoms with Crippen molar-refractivity contribution in [3.8, 4) is 0 Å². The lowest BCUT2D eigenvalue weighted by atomic mass is 9.91. The first-order valence-electron chi connectivity index (χ1n) is 15.7. The third-order valence-electron chi connectivity index (χ3n) is 8.19. The summed E-state index contributed by atoms with van der Waals surface area (Å²) in [5.41, 5.74) is 0.901. The van der Waals surface area contributed by atoms with Crippen LogP contribution in [0.25, 0.3) is 10.8 Å². The highest BCUT2D eigenvalue weighted by Crippen LogP contribution is 2.22. The van der Waals surface area contributed by atoms with E-state index in [0.717, 1.165) is 22.8 Å². The summed E-state index contributed by atoms with van der Waals surface area (Å²) in [6.07, 6.45) is 1.52. The quantitative estimate of drug-likeness (QED) is 0.185. The Balaban J connectivity index is 1.57.